The van der Waals surface area contributed by atoms with E-state index in [0.29, 0.717) is 0 Å². The monoisotopic (exact) mass is 442 g/mol. The molecule has 0 saturated carbocycles. The summed E-state index contributed by atoms with van der Waals surface area (Å²) in [5.74, 6) is 3.45. The Hall–Kier alpha value is -3.81. The molecule has 0 aliphatic carbocycles. The molecule has 4 aromatic rings. The van der Waals surface area contributed by atoms with Gasteiger partial charge in [-0.05, 0) is 42.6 Å². The molecule has 5 rings (SSSR count). The topological polar surface area (TPSA) is 65.4 Å². The average molecular weight is 443 g/mol. The summed E-state index contributed by atoms with van der Waals surface area (Å²) in [4.78, 5) is 20.8. The van der Waals surface area contributed by atoms with Gasteiger partial charge in [0.15, 0.2) is 0 Å². The maximum Gasteiger partial charge on any atom is 0.229 e. The molecule has 1 saturated heterocycles. The molecule has 1 aliphatic rings. The van der Waals surface area contributed by atoms with Gasteiger partial charge in [0.05, 0.1) is 5.52 Å². The number of hydrogen-bond acceptors (Lipinski definition) is 7. The van der Waals surface area contributed by atoms with Gasteiger partial charge in [0.1, 0.15) is 17.5 Å². The van der Waals surface area contributed by atoms with E-state index in [2.05, 4.69) is 68.1 Å². The summed E-state index contributed by atoms with van der Waals surface area (Å²) in [6.07, 6.45) is 3.98. The molecule has 8 nitrogen and oxygen atoms in total. The Labute approximate surface area is 194 Å². The number of fused-ring (bicyclic) bond motifs is 1. The van der Waals surface area contributed by atoms with Crippen LogP contribution in [0.25, 0.3) is 10.9 Å². The van der Waals surface area contributed by atoms with Crippen molar-refractivity contribution in [2.75, 3.05) is 60.3 Å². The molecule has 0 bridgehead atoms. The van der Waals surface area contributed by atoms with Crippen LogP contribution in [-0.4, -0.2) is 59.8 Å². The van der Waals surface area contributed by atoms with Crippen LogP contribution < -0.4 is 20.0 Å². The number of aromatic nitrogens is 4. The molecule has 4 heterocycles. The third kappa shape index (κ3) is 4.41. The van der Waals surface area contributed by atoms with Gasteiger partial charge in [-0.3, -0.25) is 0 Å². The van der Waals surface area contributed by atoms with Gasteiger partial charge in [-0.2, -0.15) is 9.97 Å². The van der Waals surface area contributed by atoms with E-state index in [9.17, 15) is 0 Å². The Morgan fingerprint density at radius 3 is 2.48 bits per heavy atom. The lowest BCUT2D eigenvalue weighted by Gasteiger charge is -2.35. The molecule has 0 unspecified atom stereocenters. The lowest BCUT2D eigenvalue weighted by Crippen LogP contribution is -2.47. The Balaban J connectivity index is 1.38. The predicted octanol–water partition coefficient (Wildman–Crippen LogP) is 3.98. The van der Waals surface area contributed by atoms with E-state index >= 15 is 0 Å². The lowest BCUT2D eigenvalue weighted by atomic mass is 10.2. The van der Waals surface area contributed by atoms with Crippen LogP contribution in [0.1, 0.15) is 6.92 Å². The zero-order chi connectivity index (χ0) is 22.8. The third-order valence-electron chi connectivity index (χ3n) is 6.08. The van der Waals surface area contributed by atoms with Crippen molar-refractivity contribution in [3.05, 3.63) is 60.9 Å². The van der Waals surface area contributed by atoms with Gasteiger partial charge < -0.3 is 24.6 Å². The quantitative estimate of drug-likeness (QED) is 0.484. The van der Waals surface area contributed by atoms with Crippen molar-refractivity contribution in [2.45, 2.75) is 13.5 Å². The number of anilines is 5. The first-order chi connectivity index (χ1) is 16.1. The van der Waals surface area contributed by atoms with E-state index in [-0.39, 0.29) is 0 Å². The zero-order valence-electron chi connectivity index (χ0n) is 19.4. The van der Waals surface area contributed by atoms with E-state index in [0.717, 1.165) is 61.8 Å². The molecule has 1 fully saturated rings. The van der Waals surface area contributed by atoms with Crippen molar-refractivity contribution < 1.29 is 0 Å². The maximum absolute atomic E-state index is 4.88. The molecule has 8 heteroatoms. The minimum Gasteiger partial charge on any atom is -0.363 e. The molecule has 0 atom stereocenters. The van der Waals surface area contributed by atoms with E-state index in [1.54, 1.807) is 0 Å². The molecule has 0 amide bonds. The second kappa shape index (κ2) is 8.97. The fraction of sp³-hybridized carbons (Fsp3) is 0.320. The van der Waals surface area contributed by atoms with Crippen molar-refractivity contribution >= 4 is 40.0 Å². The fourth-order valence-electron chi connectivity index (χ4n) is 4.22. The molecule has 1 N–H and O–H groups in total. The summed E-state index contributed by atoms with van der Waals surface area (Å²) in [7, 11) is 4.02. The summed E-state index contributed by atoms with van der Waals surface area (Å²) < 4.78 is 2.25. The number of nitrogens with zero attached hydrogens (tertiary/aromatic N) is 7. The Kier molecular flexibility index (Phi) is 5.73. The van der Waals surface area contributed by atoms with Crippen LogP contribution in [0.3, 0.4) is 0 Å². The number of hydrogen-bond donors (Lipinski definition) is 1. The van der Waals surface area contributed by atoms with Crippen LogP contribution in [0.4, 0.5) is 29.1 Å². The summed E-state index contributed by atoms with van der Waals surface area (Å²) in [6, 6.07) is 16.6. The predicted molar refractivity (Wildman–Crippen MR) is 136 cm³/mol. The first-order valence-electron chi connectivity index (χ1n) is 11.4. The van der Waals surface area contributed by atoms with Crippen LogP contribution in [0, 0.1) is 0 Å². The lowest BCUT2D eigenvalue weighted by molar-refractivity contribution is 0.635. The highest BCUT2D eigenvalue weighted by molar-refractivity contribution is 5.84. The summed E-state index contributed by atoms with van der Waals surface area (Å²) in [6.45, 7) is 6.58. The molecule has 0 radical (unpaired) electrons. The molecule has 3 aromatic heterocycles. The first kappa shape index (κ1) is 21.1. The van der Waals surface area contributed by atoms with Gasteiger partial charge in [-0.1, -0.05) is 12.1 Å². The molecule has 0 spiro atoms. The first-order valence-corrected chi connectivity index (χ1v) is 11.4. The molecular weight excluding hydrogens is 412 g/mol. The number of aryl methyl sites for hydroxylation is 1. The van der Waals surface area contributed by atoms with Crippen LogP contribution in [0.5, 0.6) is 0 Å². The Bertz CT molecular complexity index is 1230. The van der Waals surface area contributed by atoms with Gasteiger partial charge in [0, 0.05) is 71.0 Å². The number of pyridine rings is 1. The molecule has 1 aromatic carbocycles. The molecule has 33 heavy (non-hydrogen) atoms. The number of rotatable bonds is 6. The molecule has 170 valence electrons. The van der Waals surface area contributed by atoms with Crippen molar-refractivity contribution in [3.8, 4) is 0 Å². The van der Waals surface area contributed by atoms with Crippen molar-refractivity contribution in [1.29, 1.82) is 0 Å². The Morgan fingerprint density at radius 1 is 0.939 bits per heavy atom. The van der Waals surface area contributed by atoms with Gasteiger partial charge in [0.2, 0.25) is 5.95 Å². The standard InChI is InChI=1S/C25H30N8/c1-4-31-12-10-19-8-9-20(17-21(19)31)27-22-18-24(30(2)3)29-25(28-22)33-15-13-32(14-16-33)23-7-5-6-11-26-23/h5-12,17-18H,4,13-16H2,1-3H3,(H,27,28,29). The minimum atomic E-state index is 0.752. The van der Waals surface area contributed by atoms with Crippen LogP contribution in [-0.2, 0) is 6.54 Å². The minimum absolute atomic E-state index is 0.752. The molecular formula is C25H30N8. The summed E-state index contributed by atoms with van der Waals surface area (Å²) >= 11 is 0. The van der Waals surface area contributed by atoms with Gasteiger partial charge >= 0.3 is 0 Å². The number of nitrogens with one attached hydrogen (secondary N) is 1. The van der Waals surface area contributed by atoms with E-state index in [1.165, 1.54) is 10.9 Å². The van der Waals surface area contributed by atoms with E-state index in [4.69, 9.17) is 9.97 Å². The second-order valence-corrected chi connectivity index (χ2v) is 8.47. The summed E-state index contributed by atoms with van der Waals surface area (Å²) in [5.41, 5.74) is 2.24. The highest BCUT2D eigenvalue weighted by Gasteiger charge is 2.21. The highest BCUT2D eigenvalue weighted by Crippen LogP contribution is 2.26. The third-order valence-corrected chi connectivity index (χ3v) is 6.08. The zero-order valence-corrected chi connectivity index (χ0v) is 19.4. The van der Waals surface area contributed by atoms with E-state index in [1.807, 2.05) is 43.4 Å². The van der Waals surface area contributed by atoms with Crippen LogP contribution >= 0.6 is 0 Å². The number of piperazine rings is 1. The van der Waals surface area contributed by atoms with Crippen molar-refractivity contribution in [3.63, 3.8) is 0 Å². The van der Waals surface area contributed by atoms with Crippen molar-refractivity contribution in [2.24, 2.45) is 0 Å². The fourth-order valence-corrected chi connectivity index (χ4v) is 4.22. The SMILES string of the molecule is CCn1ccc2ccc(Nc3cc(N(C)C)nc(N4CCN(c5ccccn5)CC4)n3)cc21. The van der Waals surface area contributed by atoms with Crippen LogP contribution in [0.2, 0.25) is 0 Å². The van der Waals surface area contributed by atoms with Gasteiger partial charge in [-0.15, -0.1) is 0 Å². The largest absolute Gasteiger partial charge is 0.363 e. The van der Waals surface area contributed by atoms with Gasteiger partial charge in [0.25, 0.3) is 0 Å². The molecule has 1 aliphatic heterocycles. The number of benzene rings is 1. The normalized spacial score (nSPS) is 14.0. The van der Waals surface area contributed by atoms with Crippen molar-refractivity contribution in [1.82, 2.24) is 19.5 Å². The average Bonchev–Trinajstić information content (AvgIpc) is 3.27. The second-order valence-electron chi connectivity index (χ2n) is 8.47. The van der Waals surface area contributed by atoms with Crippen LogP contribution in [0.15, 0.2) is 60.9 Å². The maximum atomic E-state index is 4.88. The van der Waals surface area contributed by atoms with Gasteiger partial charge in [-0.25, -0.2) is 4.98 Å². The van der Waals surface area contributed by atoms with E-state index < -0.39 is 0 Å². The smallest absolute Gasteiger partial charge is 0.229 e. The Morgan fingerprint density at radius 2 is 1.76 bits per heavy atom. The highest BCUT2D eigenvalue weighted by atomic mass is 15.3. The summed E-state index contributed by atoms with van der Waals surface area (Å²) in [5, 5.41) is 4.75.